The molecular weight excluding hydrogens is 370 g/mol. The van der Waals surface area contributed by atoms with Crippen LogP contribution in [0.4, 0.5) is 0 Å². The maximum absolute atomic E-state index is 12.2. The molecule has 0 amide bonds. The van der Waals surface area contributed by atoms with Gasteiger partial charge in [0, 0.05) is 11.4 Å². The topological polar surface area (TPSA) is 51.5 Å². The van der Waals surface area contributed by atoms with Crippen molar-refractivity contribution in [3.63, 3.8) is 0 Å². The van der Waals surface area contributed by atoms with E-state index in [4.69, 9.17) is 9.15 Å². The van der Waals surface area contributed by atoms with E-state index < -0.39 is 4.75 Å². The van der Waals surface area contributed by atoms with Gasteiger partial charge in [0.1, 0.15) is 10.5 Å². The highest BCUT2D eigenvalue weighted by molar-refractivity contribution is 8.01. The number of benzene rings is 1. The lowest BCUT2D eigenvalue weighted by molar-refractivity contribution is -0.145. The maximum atomic E-state index is 12.2. The number of rotatable bonds is 10. The van der Waals surface area contributed by atoms with Gasteiger partial charge in [0.05, 0.1) is 19.4 Å². The zero-order valence-corrected chi connectivity index (χ0v) is 17.3. The lowest BCUT2D eigenvalue weighted by Crippen LogP contribution is -2.30. The van der Waals surface area contributed by atoms with Gasteiger partial charge in [0.15, 0.2) is 0 Å². The minimum atomic E-state index is -0.590. The van der Waals surface area contributed by atoms with Crippen LogP contribution in [0.3, 0.4) is 0 Å². The summed E-state index contributed by atoms with van der Waals surface area (Å²) in [5.41, 5.74) is 1.19. The molecule has 1 aromatic carbocycles. The summed E-state index contributed by atoms with van der Waals surface area (Å²) in [6.45, 7) is 7.88. The molecule has 1 heterocycles. The van der Waals surface area contributed by atoms with Crippen LogP contribution < -0.4 is 5.32 Å². The largest absolute Gasteiger partial charge is 0.468 e. The first-order valence-corrected chi connectivity index (χ1v) is 9.51. The van der Waals surface area contributed by atoms with Crippen molar-refractivity contribution in [1.29, 1.82) is 0 Å². The number of hydrogen-bond acceptors (Lipinski definition) is 5. The van der Waals surface area contributed by atoms with E-state index in [2.05, 4.69) is 36.5 Å². The molecule has 26 heavy (non-hydrogen) atoms. The minimum Gasteiger partial charge on any atom is -0.468 e. The Hall–Kier alpha value is -1.43. The van der Waals surface area contributed by atoms with Crippen molar-refractivity contribution in [2.45, 2.75) is 56.3 Å². The lowest BCUT2D eigenvalue weighted by Gasteiger charge is -2.22. The molecule has 1 N–H and O–H groups in total. The molecular formula is C20H28ClNO3S. The number of nitrogens with one attached hydrogen (secondary N) is 1. The van der Waals surface area contributed by atoms with Gasteiger partial charge in [0.25, 0.3) is 0 Å². The summed E-state index contributed by atoms with van der Waals surface area (Å²) in [4.78, 5) is 13.3. The molecule has 4 nitrogen and oxygen atoms in total. The molecule has 0 unspecified atom stereocenters. The summed E-state index contributed by atoms with van der Waals surface area (Å²) in [6.07, 6.45) is 3.61. The van der Waals surface area contributed by atoms with Gasteiger partial charge in [-0.25, -0.2) is 0 Å². The fraction of sp³-hybridized carbons (Fsp3) is 0.450. The first kappa shape index (κ1) is 22.6. The summed E-state index contributed by atoms with van der Waals surface area (Å²) in [5.74, 6) is 0.769. The van der Waals surface area contributed by atoms with E-state index in [-0.39, 0.29) is 18.4 Å². The molecule has 0 fully saturated rings. The molecule has 0 spiro atoms. The standard InChI is InChI=1S/C20H27NO3S.ClH/c1-4-5-12-24-19(22)20(2,3)25-18-10-8-16(9-11-18)14-21-15-17-7-6-13-23-17;/h6-11,13,21H,4-5,12,14-15H2,1-3H3;1H. The number of carbonyl (C=O) groups is 1. The van der Waals surface area contributed by atoms with Gasteiger partial charge < -0.3 is 14.5 Å². The molecule has 0 saturated carbocycles. The van der Waals surface area contributed by atoms with Crippen molar-refractivity contribution < 1.29 is 13.9 Å². The highest BCUT2D eigenvalue weighted by Gasteiger charge is 2.30. The van der Waals surface area contributed by atoms with Crippen LogP contribution in [-0.2, 0) is 22.6 Å². The molecule has 0 bridgehead atoms. The molecule has 0 aliphatic heterocycles. The van der Waals surface area contributed by atoms with Crippen molar-refractivity contribution in [2.24, 2.45) is 0 Å². The maximum Gasteiger partial charge on any atom is 0.321 e. The van der Waals surface area contributed by atoms with Crippen LogP contribution in [0.2, 0.25) is 0 Å². The predicted octanol–water partition coefficient (Wildman–Crippen LogP) is 5.21. The number of carbonyl (C=O) groups excluding carboxylic acids is 1. The van der Waals surface area contributed by atoms with Crippen LogP contribution in [0.15, 0.2) is 52.0 Å². The van der Waals surface area contributed by atoms with Crippen LogP contribution in [0.25, 0.3) is 0 Å². The van der Waals surface area contributed by atoms with Gasteiger partial charge in [-0.15, -0.1) is 24.2 Å². The number of esters is 1. The van der Waals surface area contributed by atoms with Crippen molar-refractivity contribution in [1.82, 2.24) is 5.32 Å². The Morgan fingerprint density at radius 1 is 1.19 bits per heavy atom. The monoisotopic (exact) mass is 397 g/mol. The van der Waals surface area contributed by atoms with Gasteiger partial charge in [-0.3, -0.25) is 4.79 Å². The molecule has 0 aliphatic rings. The smallest absolute Gasteiger partial charge is 0.321 e. The van der Waals surface area contributed by atoms with E-state index in [0.29, 0.717) is 13.2 Å². The summed E-state index contributed by atoms with van der Waals surface area (Å²) >= 11 is 1.53. The Morgan fingerprint density at radius 2 is 1.92 bits per heavy atom. The first-order valence-electron chi connectivity index (χ1n) is 8.69. The van der Waals surface area contributed by atoms with Crippen LogP contribution in [0.1, 0.15) is 44.9 Å². The van der Waals surface area contributed by atoms with Crippen LogP contribution in [0, 0.1) is 0 Å². The molecule has 144 valence electrons. The molecule has 2 aromatic rings. The first-order chi connectivity index (χ1) is 12.0. The zero-order chi connectivity index (χ0) is 18.1. The third kappa shape index (κ3) is 7.44. The van der Waals surface area contributed by atoms with Gasteiger partial charge >= 0.3 is 5.97 Å². The fourth-order valence-electron chi connectivity index (χ4n) is 2.24. The summed E-state index contributed by atoms with van der Waals surface area (Å²) in [7, 11) is 0. The molecule has 0 radical (unpaired) electrons. The number of ether oxygens (including phenoxy) is 1. The van der Waals surface area contributed by atoms with Crippen LogP contribution >= 0.6 is 24.2 Å². The SMILES string of the molecule is CCCCOC(=O)C(C)(C)Sc1ccc(CNCc2ccco2)cc1.Cl. The van der Waals surface area contributed by atoms with Crippen LogP contribution in [0.5, 0.6) is 0 Å². The Balaban J connectivity index is 0.00000338. The van der Waals surface area contributed by atoms with Gasteiger partial charge in [-0.1, -0.05) is 25.5 Å². The number of thioether (sulfide) groups is 1. The Kier molecular flexibility index (Phi) is 9.84. The summed E-state index contributed by atoms with van der Waals surface area (Å²) in [6, 6.07) is 12.1. The lowest BCUT2D eigenvalue weighted by atomic mass is 10.2. The van der Waals surface area contributed by atoms with Crippen molar-refractivity contribution in [2.75, 3.05) is 6.61 Å². The van der Waals surface area contributed by atoms with E-state index in [9.17, 15) is 4.79 Å². The number of hydrogen-bond donors (Lipinski definition) is 1. The molecule has 6 heteroatoms. The number of unbranched alkanes of at least 4 members (excludes halogenated alkanes) is 1. The second kappa shape index (κ2) is 11.3. The predicted molar refractivity (Wildman–Crippen MR) is 109 cm³/mol. The van der Waals surface area contributed by atoms with E-state index >= 15 is 0 Å². The Morgan fingerprint density at radius 3 is 2.54 bits per heavy atom. The molecule has 0 atom stereocenters. The number of furan rings is 1. The fourth-order valence-corrected chi connectivity index (χ4v) is 3.24. The van der Waals surface area contributed by atoms with Crippen molar-refractivity contribution in [3.05, 3.63) is 54.0 Å². The second-order valence-corrected chi connectivity index (χ2v) is 8.12. The average molecular weight is 398 g/mol. The molecule has 0 aliphatic carbocycles. The molecule has 0 saturated heterocycles. The summed E-state index contributed by atoms with van der Waals surface area (Å²) in [5, 5.41) is 3.34. The van der Waals surface area contributed by atoms with Crippen LogP contribution in [-0.4, -0.2) is 17.3 Å². The van der Waals surface area contributed by atoms with Gasteiger partial charge in [0.2, 0.25) is 0 Å². The van der Waals surface area contributed by atoms with Crippen molar-refractivity contribution >= 4 is 30.1 Å². The van der Waals surface area contributed by atoms with E-state index in [1.54, 1.807) is 6.26 Å². The zero-order valence-electron chi connectivity index (χ0n) is 15.6. The van der Waals surface area contributed by atoms with E-state index in [0.717, 1.165) is 30.0 Å². The molecule has 1 aromatic heterocycles. The van der Waals surface area contributed by atoms with Crippen molar-refractivity contribution in [3.8, 4) is 0 Å². The molecule has 2 rings (SSSR count). The second-order valence-electron chi connectivity index (χ2n) is 6.43. The van der Waals surface area contributed by atoms with E-state index in [1.807, 2.05) is 26.0 Å². The van der Waals surface area contributed by atoms with E-state index in [1.165, 1.54) is 17.3 Å². The third-order valence-corrected chi connectivity index (χ3v) is 4.91. The van der Waals surface area contributed by atoms with Gasteiger partial charge in [-0.2, -0.15) is 0 Å². The number of halogens is 1. The Labute approximate surface area is 166 Å². The highest BCUT2D eigenvalue weighted by Crippen LogP contribution is 2.33. The quantitative estimate of drug-likeness (QED) is 0.339. The third-order valence-electron chi connectivity index (χ3n) is 3.73. The highest BCUT2D eigenvalue weighted by atomic mass is 35.5. The minimum absolute atomic E-state index is 0. The summed E-state index contributed by atoms with van der Waals surface area (Å²) < 4.78 is 10.1. The average Bonchev–Trinajstić information content (AvgIpc) is 3.10. The normalized spacial score (nSPS) is 11.0. The van der Waals surface area contributed by atoms with Gasteiger partial charge in [-0.05, 0) is 50.1 Å². The Bertz CT molecular complexity index is 642.